The molecule has 0 fully saturated rings. The predicted molar refractivity (Wildman–Crippen MR) is 81.2 cm³/mol. The molecule has 0 saturated heterocycles. The summed E-state index contributed by atoms with van der Waals surface area (Å²) in [5.74, 6) is 0.0370. The molecule has 1 nitrogen and oxygen atoms in total. The monoisotopic (exact) mass is 366 g/mol. The van der Waals surface area contributed by atoms with E-state index in [0.29, 0.717) is 5.56 Å². The molecule has 0 saturated carbocycles. The fraction of sp³-hybridized carbons (Fsp3) is 0.133. The SMILES string of the molecule is Cc1cc(C)cc(C(=O)c2cc(Br)ccc2Br)c1. The molecule has 0 aromatic heterocycles. The Morgan fingerprint density at radius 1 is 0.944 bits per heavy atom. The number of carbonyl (C=O) groups excluding carboxylic acids is 1. The van der Waals surface area contributed by atoms with E-state index in [2.05, 4.69) is 37.9 Å². The maximum Gasteiger partial charge on any atom is 0.194 e. The van der Waals surface area contributed by atoms with Gasteiger partial charge in [-0.2, -0.15) is 0 Å². The summed E-state index contributed by atoms with van der Waals surface area (Å²) >= 11 is 6.82. The fourth-order valence-electron chi connectivity index (χ4n) is 1.93. The normalized spacial score (nSPS) is 10.4. The second-order valence-electron chi connectivity index (χ2n) is 4.33. The number of aryl methyl sites for hydroxylation is 2. The molecule has 0 radical (unpaired) electrons. The van der Waals surface area contributed by atoms with Crippen molar-refractivity contribution < 1.29 is 4.79 Å². The van der Waals surface area contributed by atoms with Gasteiger partial charge in [-0.1, -0.05) is 49.1 Å². The zero-order valence-electron chi connectivity index (χ0n) is 10.1. The maximum atomic E-state index is 12.5. The Morgan fingerprint density at radius 2 is 1.56 bits per heavy atom. The van der Waals surface area contributed by atoms with Crippen LogP contribution in [-0.4, -0.2) is 5.78 Å². The second-order valence-corrected chi connectivity index (χ2v) is 6.10. The topological polar surface area (TPSA) is 17.1 Å². The Morgan fingerprint density at radius 3 is 2.17 bits per heavy atom. The van der Waals surface area contributed by atoms with Crippen LogP contribution in [0.2, 0.25) is 0 Å². The van der Waals surface area contributed by atoms with Gasteiger partial charge in [0.15, 0.2) is 5.78 Å². The highest BCUT2D eigenvalue weighted by Gasteiger charge is 2.13. The van der Waals surface area contributed by atoms with Gasteiger partial charge in [0, 0.05) is 20.1 Å². The quantitative estimate of drug-likeness (QED) is 0.678. The van der Waals surface area contributed by atoms with Gasteiger partial charge in [0.2, 0.25) is 0 Å². The van der Waals surface area contributed by atoms with Crippen LogP contribution in [0.3, 0.4) is 0 Å². The molecule has 0 aliphatic rings. The standard InChI is InChI=1S/C15H12Br2O/c1-9-5-10(2)7-11(6-9)15(18)13-8-12(16)3-4-14(13)17/h3-8H,1-2H3. The van der Waals surface area contributed by atoms with Crippen LogP contribution in [0.1, 0.15) is 27.0 Å². The van der Waals surface area contributed by atoms with Crippen molar-refractivity contribution >= 4 is 37.6 Å². The average Bonchev–Trinajstić information content (AvgIpc) is 2.30. The molecular formula is C15H12Br2O. The molecule has 0 heterocycles. The fourth-order valence-corrected chi connectivity index (χ4v) is 2.72. The number of hydrogen-bond acceptors (Lipinski definition) is 1. The third-order valence-electron chi connectivity index (χ3n) is 2.66. The van der Waals surface area contributed by atoms with Crippen LogP contribution in [-0.2, 0) is 0 Å². The van der Waals surface area contributed by atoms with Crippen LogP contribution in [0, 0.1) is 13.8 Å². The minimum atomic E-state index is 0.0370. The molecule has 0 unspecified atom stereocenters. The average molecular weight is 368 g/mol. The summed E-state index contributed by atoms with van der Waals surface area (Å²) in [6.45, 7) is 4.00. The van der Waals surface area contributed by atoms with Gasteiger partial charge in [-0.15, -0.1) is 0 Å². The Balaban J connectivity index is 2.51. The highest BCUT2D eigenvalue weighted by atomic mass is 79.9. The summed E-state index contributed by atoms with van der Waals surface area (Å²) in [6.07, 6.45) is 0. The first-order valence-corrected chi connectivity index (χ1v) is 7.14. The third-order valence-corrected chi connectivity index (χ3v) is 3.84. The molecule has 92 valence electrons. The molecule has 3 heteroatoms. The molecule has 2 aromatic rings. The number of carbonyl (C=O) groups is 1. The zero-order chi connectivity index (χ0) is 13.3. The molecule has 0 atom stereocenters. The van der Waals surface area contributed by atoms with Crippen molar-refractivity contribution in [3.05, 3.63) is 67.6 Å². The predicted octanol–water partition coefficient (Wildman–Crippen LogP) is 5.06. The molecule has 0 bridgehead atoms. The van der Waals surface area contributed by atoms with Crippen LogP contribution in [0.4, 0.5) is 0 Å². The molecule has 0 amide bonds. The van der Waals surface area contributed by atoms with Crippen molar-refractivity contribution in [3.8, 4) is 0 Å². The Hall–Kier alpha value is -0.930. The second kappa shape index (κ2) is 5.37. The number of halogens is 2. The number of hydrogen-bond donors (Lipinski definition) is 0. The largest absolute Gasteiger partial charge is 0.289 e. The Kier molecular flexibility index (Phi) is 4.03. The molecule has 0 spiro atoms. The van der Waals surface area contributed by atoms with Crippen molar-refractivity contribution in [2.24, 2.45) is 0 Å². The van der Waals surface area contributed by atoms with E-state index < -0.39 is 0 Å². The lowest BCUT2D eigenvalue weighted by Gasteiger charge is -2.07. The first-order chi connectivity index (χ1) is 8.47. The minimum absolute atomic E-state index is 0.0370. The van der Waals surface area contributed by atoms with Gasteiger partial charge in [-0.3, -0.25) is 4.79 Å². The van der Waals surface area contributed by atoms with E-state index >= 15 is 0 Å². The molecule has 0 N–H and O–H groups in total. The molecule has 2 aromatic carbocycles. The number of benzene rings is 2. The van der Waals surface area contributed by atoms with Crippen molar-refractivity contribution in [2.45, 2.75) is 13.8 Å². The summed E-state index contributed by atoms with van der Waals surface area (Å²) in [5, 5.41) is 0. The lowest BCUT2D eigenvalue weighted by molar-refractivity contribution is 0.103. The Bertz CT molecular complexity index is 598. The van der Waals surface area contributed by atoms with Crippen molar-refractivity contribution in [1.82, 2.24) is 0 Å². The van der Waals surface area contributed by atoms with E-state index in [-0.39, 0.29) is 5.78 Å². The first kappa shape index (κ1) is 13.5. The van der Waals surface area contributed by atoms with E-state index in [9.17, 15) is 4.79 Å². The number of ketones is 1. The van der Waals surface area contributed by atoms with Gasteiger partial charge >= 0.3 is 0 Å². The summed E-state index contributed by atoms with van der Waals surface area (Å²) in [6, 6.07) is 11.5. The molecule has 0 aliphatic carbocycles. The van der Waals surface area contributed by atoms with Gasteiger partial charge < -0.3 is 0 Å². The highest BCUT2D eigenvalue weighted by molar-refractivity contribution is 9.11. The summed E-state index contributed by atoms with van der Waals surface area (Å²) in [4.78, 5) is 12.5. The van der Waals surface area contributed by atoms with E-state index in [1.165, 1.54) is 0 Å². The smallest absolute Gasteiger partial charge is 0.194 e. The van der Waals surface area contributed by atoms with Crippen LogP contribution >= 0.6 is 31.9 Å². The molecule has 18 heavy (non-hydrogen) atoms. The van der Waals surface area contributed by atoms with Gasteiger partial charge in [0.05, 0.1) is 0 Å². The Labute approximate surface area is 123 Å². The van der Waals surface area contributed by atoms with Crippen LogP contribution in [0.25, 0.3) is 0 Å². The first-order valence-electron chi connectivity index (χ1n) is 5.55. The van der Waals surface area contributed by atoms with Crippen molar-refractivity contribution in [3.63, 3.8) is 0 Å². The molecule has 2 rings (SSSR count). The molecular weight excluding hydrogens is 356 g/mol. The lowest BCUT2D eigenvalue weighted by Crippen LogP contribution is -2.03. The van der Waals surface area contributed by atoms with Crippen LogP contribution in [0.15, 0.2) is 45.3 Å². The van der Waals surface area contributed by atoms with Crippen molar-refractivity contribution in [1.29, 1.82) is 0 Å². The van der Waals surface area contributed by atoms with E-state index in [4.69, 9.17) is 0 Å². The van der Waals surface area contributed by atoms with Crippen LogP contribution < -0.4 is 0 Å². The lowest BCUT2D eigenvalue weighted by atomic mass is 9.99. The molecule has 0 aliphatic heterocycles. The minimum Gasteiger partial charge on any atom is -0.289 e. The maximum absolute atomic E-state index is 12.5. The van der Waals surface area contributed by atoms with Gasteiger partial charge in [0.25, 0.3) is 0 Å². The van der Waals surface area contributed by atoms with E-state index in [0.717, 1.165) is 25.6 Å². The van der Waals surface area contributed by atoms with E-state index in [1.54, 1.807) is 0 Å². The van der Waals surface area contributed by atoms with Gasteiger partial charge in [-0.05, 0) is 44.2 Å². The van der Waals surface area contributed by atoms with Gasteiger partial charge in [-0.25, -0.2) is 0 Å². The highest BCUT2D eigenvalue weighted by Crippen LogP contribution is 2.24. The summed E-state index contributed by atoms with van der Waals surface area (Å²) in [7, 11) is 0. The summed E-state index contributed by atoms with van der Waals surface area (Å²) < 4.78 is 1.72. The van der Waals surface area contributed by atoms with Crippen molar-refractivity contribution in [2.75, 3.05) is 0 Å². The zero-order valence-corrected chi connectivity index (χ0v) is 13.3. The summed E-state index contributed by atoms with van der Waals surface area (Å²) in [5.41, 5.74) is 3.61. The van der Waals surface area contributed by atoms with Gasteiger partial charge in [0.1, 0.15) is 0 Å². The van der Waals surface area contributed by atoms with Crippen LogP contribution in [0.5, 0.6) is 0 Å². The number of rotatable bonds is 2. The third kappa shape index (κ3) is 2.90. The van der Waals surface area contributed by atoms with E-state index in [1.807, 2.05) is 44.2 Å².